The van der Waals surface area contributed by atoms with E-state index in [4.69, 9.17) is 10.00 Å². The lowest BCUT2D eigenvalue weighted by molar-refractivity contribution is 0.0289. The van der Waals surface area contributed by atoms with Crippen molar-refractivity contribution in [2.24, 2.45) is 5.92 Å². The van der Waals surface area contributed by atoms with Crippen molar-refractivity contribution in [2.45, 2.75) is 37.8 Å². The monoisotopic (exact) mass is 335 g/mol. The van der Waals surface area contributed by atoms with Crippen LogP contribution in [0, 0.1) is 17.2 Å². The Bertz CT molecular complexity index is 649. The van der Waals surface area contributed by atoms with E-state index in [-0.39, 0.29) is 12.0 Å². The molecule has 6 nitrogen and oxygen atoms in total. The molecule has 0 saturated carbocycles. The van der Waals surface area contributed by atoms with Gasteiger partial charge < -0.3 is 9.64 Å². The topological polar surface area (TPSA) is 83.3 Å². The zero-order valence-electron chi connectivity index (χ0n) is 13.6. The van der Waals surface area contributed by atoms with Gasteiger partial charge in [-0.3, -0.25) is 4.21 Å². The van der Waals surface area contributed by atoms with Crippen molar-refractivity contribution < 1.29 is 13.7 Å². The number of ether oxygens (including phenoxy) is 1. The molecule has 1 aliphatic heterocycles. The second-order valence-electron chi connectivity index (χ2n) is 6.56. The lowest BCUT2D eigenvalue weighted by atomic mass is 10.2. The van der Waals surface area contributed by atoms with Gasteiger partial charge >= 0.3 is 6.09 Å². The number of rotatable bonds is 3. The predicted octanol–water partition coefficient (Wildman–Crippen LogP) is 2.32. The molecule has 0 radical (unpaired) electrons. The van der Waals surface area contributed by atoms with E-state index in [0.29, 0.717) is 29.4 Å². The molecule has 0 N–H and O–H groups in total. The molecule has 1 saturated heterocycles. The summed E-state index contributed by atoms with van der Waals surface area (Å²) in [6, 6.07) is 5.28. The minimum Gasteiger partial charge on any atom is -0.444 e. The first-order valence-corrected chi connectivity index (χ1v) is 8.83. The SMILES string of the molecule is CC(C)(C)OC(=O)N1CC[C@H](C[S@](=O)c2ncccc2C#N)C1. The average molecular weight is 335 g/mol. The summed E-state index contributed by atoms with van der Waals surface area (Å²) in [7, 11) is -1.34. The highest BCUT2D eigenvalue weighted by atomic mass is 32.2. The first-order valence-electron chi connectivity index (χ1n) is 7.51. The Morgan fingerprint density at radius 2 is 2.30 bits per heavy atom. The fraction of sp³-hybridized carbons (Fsp3) is 0.562. The quantitative estimate of drug-likeness (QED) is 0.846. The molecule has 0 aromatic carbocycles. The largest absolute Gasteiger partial charge is 0.444 e. The van der Waals surface area contributed by atoms with Gasteiger partial charge in [-0.1, -0.05) is 0 Å². The summed E-state index contributed by atoms with van der Waals surface area (Å²) in [6.07, 6.45) is 1.98. The number of likely N-dealkylation sites (tertiary alicyclic amines) is 1. The molecular formula is C16H21N3O3S. The van der Waals surface area contributed by atoms with Crippen LogP contribution in [0.4, 0.5) is 4.79 Å². The van der Waals surface area contributed by atoms with Gasteiger partial charge in [-0.05, 0) is 45.2 Å². The smallest absolute Gasteiger partial charge is 0.410 e. The number of carbonyl (C=O) groups excluding carboxylic acids is 1. The molecule has 1 aromatic rings. The number of pyridine rings is 1. The zero-order chi connectivity index (χ0) is 17.0. The summed E-state index contributed by atoms with van der Waals surface area (Å²) in [6.45, 7) is 6.62. The molecule has 0 unspecified atom stereocenters. The van der Waals surface area contributed by atoms with Crippen LogP contribution in [0.25, 0.3) is 0 Å². The van der Waals surface area contributed by atoms with E-state index < -0.39 is 16.4 Å². The number of hydrogen-bond donors (Lipinski definition) is 0. The Labute approximate surface area is 138 Å². The molecule has 2 atom stereocenters. The van der Waals surface area contributed by atoms with Gasteiger partial charge in [-0.25, -0.2) is 9.78 Å². The summed E-state index contributed by atoms with van der Waals surface area (Å²) >= 11 is 0. The Kier molecular flexibility index (Phi) is 5.37. The third-order valence-electron chi connectivity index (χ3n) is 3.43. The molecule has 0 bridgehead atoms. The summed E-state index contributed by atoms with van der Waals surface area (Å²) in [5.74, 6) is 0.516. The van der Waals surface area contributed by atoms with Crippen LogP contribution < -0.4 is 0 Å². The molecule has 0 spiro atoms. The van der Waals surface area contributed by atoms with Gasteiger partial charge in [0.15, 0.2) is 0 Å². The number of aromatic nitrogens is 1. The van der Waals surface area contributed by atoms with Gasteiger partial charge in [0.25, 0.3) is 0 Å². The van der Waals surface area contributed by atoms with Crippen LogP contribution in [0.5, 0.6) is 0 Å². The number of carbonyl (C=O) groups is 1. The van der Waals surface area contributed by atoms with Crippen LogP contribution in [0.1, 0.15) is 32.8 Å². The highest BCUT2D eigenvalue weighted by Crippen LogP contribution is 2.22. The summed E-state index contributed by atoms with van der Waals surface area (Å²) in [4.78, 5) is 17.8. The van der Waals surface area contributed by atoms with Crippen LogP contribution in [0.15, 0.2) is 23.4 Å². The van der Waals surface area contributed by atoms with Crippen molar-refractivity contribution in [1.29, 1.82) is 5.26 Å². The molecule has 1 aromatic heterocycles. The van der Waals surface area contributed by atoms with E-state index >= 15 is 0 Å². The van der Waals surface area contributed by atoms with Gasteiger partial charge in [0.1, 0.15) is 16.7 Å². The summed E-state index contributed by atoms with van der Waals surface area (Å²) in [5.41, 5.74) is -0.180. The lowest BCUT2D eigenvalue weighted by Gasteiger charge is -2.24. The van der Waals surface area contributed by atoms with Crippen molar-refractivity contribution in [3.63, 3.8) is 0 Å². The van der Waals surface area contributed by atoms with E-state index in [2.05, 4.69) is 4.98 Å². The molecule has 23 heavy (non-hydrogen) atoms. The standard InChI is InChI=1S/C16H21N3O3S/c1-16(2,3)22-15(20)19-8-6-12(10-19)11-23(21)14-13(9-17)5-4-7-18-14/h4-5,7,12H,6,8,10-11H2,1-3H3/t12-,23-/m0/s1. The van der Waals surface area contributed by atoms with Crippen molar-refractivity contribution in [3.8, 4) is 6.07 Å². The number of nitrogens with zero attached hydrogens (tertiary/aromatic N) is 3. The Balaban J connectivity index is 1.94. The van der Waals surface area contributed by atoms with Crippen molar-refractivity contribution in [1.82, 2.24) is 9.88 Å². The van der Waals surface area contributed by atoms with E-state index in [0.717, 1.165) is 6.42 Å². The zero-order valence-corrected chi connectivity index (χ0v) is 14.4. The third-order valence-corrected chi connectivity index (χ3v) is 4.96. The molecule has 2 heterocycles. The molecular weight excluding hydrogens is 314 g/mol. The van der Waals surface area contributed by atoms with Gasteiger partial charge in [0, 0.05) is 25.0 Å². The van der Waals surface area contributed by atoms with Gasteiger partial charge in [0.05, 0.1) is 16.4 Å². The Hall–Kier alpha value is -1.94. The lowest BCUT2D eigenvalue weighted by Crippen LogP contribution is -2.35. The highest BCUT2D eigenvalue weighted by Gasteiger charge is 2.31. The number of hydrogen-bond acceptors (Lipinski definition) is 5. The average Bonchev–Trinajstić information content (AvgIpc) is 2.94. The molecule has 124 valence electrons. The normalized spacial score (nSPS) is 19.2. The van der Waals surface area contributed by atoms with Crippen molar-refractivity contribution in [2.75, 3.05) is 18.8 Å². The molecule has 1 amide bonds. The highest BCUT2D eigenvalue weighted by molar-refractivity contribution is 7.85. The van der Waals surface area contributed by atoms with E-state index in [1.807, 2.05) is 26.8 Å². The number of amides is 1. The Morgan fingerprint density at radius 3 is 2.96 bits per heavy atom. The summed E-state index contributed by atoms with van der Waals surface area (Å²) in [5, 5.41) is 9.38. The first kappa shape index (κ1) is 17.4. The number of nitriles is 1. The minimum absolute atomic E-state index is 0.122. The maximum Gasteiger partial charge on any atom is 0.410 e. The van der Waals surface area contributed by atoms with Crippen LogP contribution in [-0.2, 0) is 15.5 Å². The van der Waals surface area contributed by atoms with Crippen molar-refractivity contribution >= 4 is 16.9 Å². The van der Waals surface area contributed by atoms with Gasteiger partial charge in [-0.2, -0.15) is 5.26 Å². The summed E-state index contributed by atoms with van der Waals surface area (Å²) < 4.78 is 17.8. The second-order valence-corrected chi connectivity index (χ2v) is 7.97. The van der Waals surface area contributed by atoms with Gasteiger partial charge in [-0.15, -0.1) is 0 Å². The maximum absolute atomic E-state index is 12.4. The first-order chi connectivity index (χ1) is 10.8. The maximum atomic E-state index is 12.4. The third kappa shape index (κ3) is 4.76. The molecule has 0 aliphatic carbocycles. The van der Waals surface area contributed by atoms with Crippen LogP contribution >= 0.6 is 0 Å². The van der Waals surface area contributed by atoms with Gasteiger partial charge in [0.2, 0.25) is 0 Å². The minimum atomic E-state index is -1.34. The van der Waals surface area contributed by atoms with E-state index in [1.165, 1.54) is 6.20 Å². The molecule has 1 aliphatic rings. The molecule has 1 fully saturated rings. The predicted molar refractivity (Wildman–Crippen MR) is 86.1 cm³/mol. The molecule has 7 heteroatoms. The van der Waals surface area contributed by atoms with Crippen molar-refractivity contribution in [3.05, 3.63) is 23.9 Å². The fourth-order valence-corrected chi connectivity index (χ4v) is 3.81. The van der Waals surface area contributed by atoms with E-state index in [1.54, 1.807) is 17.0 Å². The van der Waals surface area contributed by atoms with Crippen LogP contribution in [0.3, 0.4) is 0 Å². The van der Waals surface area contributed by atoms with Crippen LogP contribution in [-0.4, -0.2) is 44.6 Å². The van der Waals surface area contributed by atoms with E-state index in [9.17, 15) is 9.00 Å². The molecule has 2 rings (SSSR count). The van der Waals surface area contributed by atoms with Crippen LogP contribution in [0.2, 0.25) is 0 Å². The second kappa shape index (κ2) is 7.09. The Morgan fingerprint density at radius 1 is 1.57 bits per heavy atom. The fourth-order valence-electron chi connectivity index (χ4n) is 2.41.